The van der Waals surface area contributed by atoms with Gasteiger partial charge in [-0.05, 0) is 24.7 Å². The van der Waals surface area contributed by atoms with Crippen LogP contribution < -0.4 is 5.32 Å². The third-order valence-corrected chi connectivity index (χ3v) is 4.55. The van der Waals surface area contributed by atoms with Gasteiger partial charge in [0.1, 0.15) is 0 Å². The minimum absolute atomic E-state index is 0.160. The van der Waals surface area contributed by atoms with Gasteiger partial charge in [-0.3, -0.25) is 4.90 Å². The molecule has 0 aromatic carbocycles. The highest BCUT2D eigenvalue weighted by Crippen LogP contribution is 2.23. The van der Waals surface area contributed by atoms with Crippen molar-refractivity contribution in [1.82, 2.24) is 15.1 Å². The summed E-state index contributed by atoms with van der Waals surface area (Å²) in [4.78, 5) is 16.8. The molecule has 2 atom stereocenters. The molecule has 2 rings (SSSR count). The van der Waals surface area contributed by atoms with Crippen molar-refractivity contribution in [3.8, 4) is 0 Å². The van der Waals surface area contributed by atoms with E-state index in [1.54, 1.807) is 0 Å². The van der Waals surface area contributed by atoms with Crippen molar-refractivity contribution in [2.24, 2.45) is 11.8 Å². The van der Waals surface area contributed by atoms with Gasteiger partial charge in [-0.15, -0.1) is 0 Å². The Kier molecular flexibility index (Phi) is 5.70. The van der Waals surface area contributed by atoms with Gasteiger partial charge >= 0.3 is 6.03 Å². The van der Waals surface area contributed by atoms with Gasteiger partial charge in [0.2, 0.25) is 0 Å². The molecule has 1 aliphatic heterocycles. The molecular weight excluding hydrogens is 250 g/mol. The predicted octanol–water partition coefficient (Wildman–Crippen LogP) is 2.55. The van der Waals surface area contributed by atoms with Crippen molar-refractivity contribution in [3.63, 3.8) is 0 Å². The molecule has 1 heterocycles. The number of rotatable bonds is 3. The molecule has 1 saturated heterocycles. The standard InChI is InChI=1S/C16H31N3O/c1-13(2)12-18-7-9-19(10-8-18)16(20)17-15-6-4-5-14(3)11-15/h13-15H,4-12H2,1-3H3,(H,17,20). The minimum atomic E-state index is 0.160. The molecule has 0 aromatic heterocycles. The van der Waals surface area contributed by atoms with Crippen LogP contribution in [0.4, 0.5) is 4.79 Å². The summed E-state index contributed by atoms with van der Waals surface area (Å²) in [6, 6.07) is 0.563. The topological polar surface area (TPSA) is 35.6 Å². The van der Waals surface area contributed by atoms with E-state index in [0.717, 1.165) is 51.5 Å². The summed E-state index contributed by atoms with van der Waals surface area (Å²) in [5.41, 5.74) is 0. The van der Waals surface area contributed by atoms with Crippen molar-refractivity contribution >= 4 is 6.03 Å². The third-order valence-electron chi connectivity index (χ3n) is 4.55. The lowest BCUT2D eigenvalue weighted by Crippen LogP contribution is -2.54. The Bertz CT molecular complexity index is 311. The zero-order chi connectivity index (χ0) is 14.5. The van der Waals surface area contributed by atoms with E-state index in [9.17, 15) is 4.79 Å². The number of nitrogens with one attached hydrogen (secondary N) is 1. The molecule has 1 saturated carbocycles. The second-order valence-electron chi connectivity index (χ2n) is 7.10. The first-order valence-electron chi connectivity index (χ1n) is 8.32. The van der Waals surface area contributed by atoms with Crippen LogP contribution in [0.3, 0.4) is 0 Å². The highest BCUT2D eigenvalue weighted by molar-refractivity contribution is 5.74. The monoisotopic (exact) mass is 281 g/mol. The van der Waals surface area contributed by atoms with E-state index in [0.29, 0.717) is 12.0 Å². The molecule has 2 unspecified atom stereocenters. The number of hydrogen-bond donors (Lipinski definition) is 1. The fourth-order valence-electron chi connectivity index (χ4n) is 3.48. The van der Waals surface area contributed by atoms with Gasteiger partial charge in [-0.1, -0.05) is 33.6 Å². The number of hydrogen-bond acceptors (Lipinski definition) is 2. The zero-order valence-electron chi connectivity index (χ0n) is 13.4. The van der Waals surface area contributed by atoms with Gasteiger partial charge in [0.05, 0.1) is 0 Å². The minimum Gasteiger partial charge on any atom is -0.335 e. The van der Waals surface area contributed by atoms with E-state index in [1.807, 2.05) is 4.90 Å². The largest absolute Gasteiger partial charge is 0.335 e. The van der Waals surface area contributed by atoms with Gasteiger partial charge < -0.3 is 10.2 Å². The predicted molar refractivity (Wildman–Crippen MR) is 82.8 cm³/mol. The maximum atomic E-state index is 12.3. The molecule has 1 N–H and O–H groups in total. The fourth-order valence-corrected chi connectivity index (χ4v) is 3.48. The molecule has 4 heteroatoms. The molecule has 0 aromatic rings. The van der Waals surface area contributed by atoms with Crippen LogP contribution in [0.1, 0.15) is 46.5 Å². The summed E-state index contributed by atoms with van der Waals surface area (Å²) < 4.78 is 0. The van der Waals surface area contributed by atoms with Gasteiger partial charge in [-0.2, -0.15) is 0 Å². The third kappa shape index (κ3) is 4.65. The molecule has 116 valence electrons. The first-order chi connectivity index (χ1) is 9.54. The molecular formula is C16H31N3O. The molecule has 0 bridgehead atoms. The summed E-state index contributed by atoms with van der Waals surface area (Å²) in [6.45, 7) is 11.7. The maximum absolute atomic E-state index is 12.3. The lowest BCUT2D eigenvalue weighted by atomic mass is 9.87. The SMILES string of the molecule is CC(C)CN1CCN(C(=O)NC2CCCC(C)C2)CC1. The van der Waals surface area contributed by atoms with Crippen molar-refractivity contribution in [2.45, 2.75) is 52.5 Å². The molecule has 2 aliphatic rings. The highest BCUT2D eigenvalue weighted by Gasteiger charge is 2.25. The summed E-state index contributed by atoms with van der Waals surface area (Å²) in [6.07, 6.45) is 4.89. The van der Waals surface area contributed by atoms with Crippen molar-refractivity contribution < 1.29 is 4.79 Å². The smallest absolute Gasteiger partial charge is 0.317 e. The summed E-state index contributed by atoms with van der Waals surface area (Å²) >= 11 is 0. The van der Waals surface area contributed by atoms with E-state index in [-0.39, 0.29) is 6.03 Å². The summed E-state index contributed by atoms with van der Waals surface area (Å²) in [7, 11) is 0. The first kappa shape index (κ1) is 15.6. The van der Waals surface area contributed by atoms with Crippen molar-refractivity contribution in [2.75, 3.05) is 32.7 Å². The average Bonchev–Trinajstić information content (AvgIpc) is 2.38. The Morgan fingerprint density at radius 1 is 1.20 bits per heavy atom. The molecule has 0 spiro atoms. The highest BCUT2D eigenvalue weighted by atomic mass is 16.2. The molecule has 4 nitrogen and oxygen atoms in total. The van der Waals surface area contributed by atoms with Gasteiger partial charge in [0.25, 0.3) is 0 Å². The summed E-state index contributed by atoms with van der Waals surface area (Å²) in [5, 5.41) is 3.24. The van der Waals surface area contributed by atoms with Crippen LogP contribution in [0.2, 0.25) is 0 Å². The van der Waals surface area contributed by atoms with Crippen LogP contribution in [-0.4, -0.2) is 54.6 Å². The van der Waals surface area contributed by atoms with Crippen LogP contribution in [0, 0.1) is 11.8 Å². The second-order valence-corrected chi connectivity index (χ2v) is 7.10. The van der Waals surface area contributed by atoms with E-state index in [4.69, 9.17) is 0 Å². The Morgan fingerprint density at radius 3 is 2.50 bits per heavy atom. The van der Waals surface area contributed by atoms with Crippen LogP contribution in [0.5, 0.6) is 0 Å². The van der Waals surface area contributed by atoms with E-state index < -0.39 is 0 Å². The lowest BCUT2D eigenvalue weighted by molar-refractivity contribution is 0.127. The van der Waals surface area contributed by atoms with Crippen molar-refractivity contribution in [1.29, 1.82) is 0 Å². The number of piperazine rings is 1. The molecule has 20 heavy (non-hydrogen) atoms. The lowest BCUT2D eigenvalue weighted by Gasteiger charge is -2.37. The van der Waals surface area contributed by atoms with E-state index in [2.05, 4.69) is 31.0 Å². The fraction of sp³-hybridized carbons (Fsp3) is 0.938. The normalized spacial score (nSPS) is 28.7. The van der Waals surface area contributed by atoms with E-state index >= 15 is 0 Å². The van der Waals surface area contributed by atoms with E-state index in [1.165, 1.54) is 12.8 Å². The zero-order valence-corrected chi connectivity index (χ0v) is 13.4. The Morgan fingerprint density at radius 2 is 1.90 bits per heavy atom. The van der Waals surface area contributed by atoms with Crippen LogP contribution in [-0.2, 0) is 0 Å². The Balaban J connectivity index is 1.71. The average molecular weight is 281 g/mol. The van der Waals surface area contributed by atoms with Crippen LogP contribution in [0.15, 0.2) is 0 Å². The first-order valence-corrected chi connectivity index (χ1v) is 8.32. The van der Waals surface area contributed by atoms with Crippen LogP contribution in [0.25, 0.3) is 0 Å². The number of nitrogens with zero attached hydrogens (tertiary/aromatic N) is 2. The second kappa shape index (κ2) is 7.30. The van der Waals surface area contributed by atoms with Gasteiger partial charge in [-0.25, -0.2) is 4.79 Å². The van der Waals surface area contributed by atoms with Gasteiger partial charge in [0.15, 0.2) is 0 Å². The maximum Gasteiger partial charge on any atom is 0.317 e. The Hall–Kier alpha value is -0.770. The molecule has 2 fully saturated rings. The Labute approximate surface area is 123 Å². The number of amides is 2. The summed E-state index contributed by atoms with van der Waals surface area (Å²) in [5.74, 6) is 1.47. The number of carbonyl (C=O) groups is 1. The van der Waals surface area contributed by atoms with Gasteiger partial charge in [0, 0.05) is 38.8 Å². The van der Waals surface area contributed by atoms with Crippen molar-refractivity contribution in [3.05, 3.63) is 0 Å². The molecule has 1 aliphatic carbocycles. The molecule has 2 amide bonds. The number of carbonyl (C=O) groups excluding carboxylic acids is 1. The quantitative estimate of drug-likeness (QED) is 0.863. The van der Waals surface area contributed by atoms with Crippen LogP contribution >= 0.6 is 0 Å². The molecule has 0 radical (unpaired) electrons. The number of urea groups is 1.